The summed E-state index contributed by atoms with van der Waals surface area (Å²) in [6, 6.07) is 9.79. The lowest BCUT2D eigenvalue weighted by Crippen LogP contribution is -2.05. The van der Waals surface area contributed by atoms with E-state index >= 15 is 0 Å². The number of fused-ring (bicyclic) bond motifs is 1. The van der Waals surface area contributed by atoms with Crippen LogP contribution in [0, 0.1) is 5.92 Å². The normalized spacial score (nSPS) is 16.2. The highest BCUT2D eigenvalue weighted by Crippen LogP contribution is 2.29. The van der Waals surface area contributed by atoms with Crippen molar-refractivity contribution in [3.8, 4) is 0 Å². The van der Waals surface area contributed by atoms with E-state index in [1.54, 1.807) is 6.20 Å². The molecule has 0 N–H and O–H groups in total. The number of ketones is 1. The van der Waals surface area contributed by atoms with Crippen LogP contribution in [0.4, 0.5) is 0 Å². The van der Waals surface area contributed by atoms with Gasteiger partial charge in [0.05, 0.1) is 5.52 Å². The summed E-state index contributed by atoms with van der Waals surface area (Å²) in [6.45, 7) is 0. The maximum Gasteiger partial charge on any atom is 0.163 e. The van der Waals surface area contributed by atoms with Crippen molar-refractivity contribution in [3.05, 3.63) is 42.1 Å². The molecule has 0 spiro atoms. The van der Waals surface area contributed by atoms with E-state index in [1.807, 2.05) is 30.3 Å². The van der Waals surface area contributed by atoms with Gasteiger partial charge in [-0.25, -0.2) is 0 Å². The SMILES string of the molecule is O=C(CC1CCCC1)c1ccc2cccnc2c1. The molecule has 1 aliphatic carbocycles. The molecule has 2 aromatic rings. The van der Waals surface area contributed by atoms with Gasteiger partial charge in [0.1, 0.15) is 0 Å². The number of nitrogens with zero attached hydrogens (tertiary/aromatic N) is 1. The summed E-state index contributed by atoms with van der Waals surface area (Å²) in [7, 11) is 0. The second-order valence-electron chi connectivity index (χ2n) is 5.19. The first-order chi connectivity index (χ1) is 8.83. The number of aromatic nitrogens is 1. The summed E-state index contributed by atoms with van der Waals surface area (Å²) in [5.41, 5.74) is 1.72. The first-order valence-electron chi connectivity index (χ1n) is 6.71. The maximum absolute atomic E-state index is 12.2. The third-order valence-electron chi connectivity index (χ3n) is 3.88. The van der Waals surface area contributed by atoms with Crippen LogP contribution in [0.3, 0.4) is 0 Å². The van der Waals surface area contributed by atoms with Gasteiger partial charge in [-0.1, -0.05) is 43.9 Å². The highest BCUT2D eigenvalue weighted by atomic mass is 16.1. The number of carbonyl (C=O) groups excluding carboxylic acids is 1. The number of pyridine rings is 1. The van der Waals surface area contributed by atoms with Gasteiger partial charge in [0.15, 0.2) is 5.78 Å². The first-order valence-corrected chi connectivity index (χ1v) is 6.71. The highest BCUT2D eigenvalue weighted by Gasteiger charge is 2.19. The van der Waals surface area contributed by atoms with Crippen molar-refractivity contribution in [3.63, 3.8) is 0 Å². The first kappa shape index (κ1) is 11.4. The van der Waals surface area contributed by atoms with E-state index in [0.29, 0.717) is 12.3 Å². The molecule has 1 saturated carbocycles. The second-order valence-corrected chi connectivity index (χ2v) is 5.19. The van der Waals surface area contributed by atoms with Crippen molar-refractivity contribution < 1.29 is 4.79 Å². The lowest BCUT2D eigenvalue weighted by atomic mass is 9.96. The highest BCUT2D eigenvalue weighted by molar-refractivity contribution is 5.99. The summed E-state index contributed by atoms with van der Waals surface area (Å²) in [5, 5.41) is 1.09. The average Bonchev–Trinajstić information content (AvgIpc) is 2.91. The van der Waals surface area contributed by atoms with Crippen LogP contribution in [-0.4, -0.2) is 10.8 Å². The van der Waals surface area contributed by atoms with Gasteiger partial charge in [-0.15, -0.1) is 0 Å². The van der Waals surface area contributed by atoms with Crippen LogP contribution < -0.4 is 0 Å². The Labute approximate surface area is 107 Å². The molecule has 1 aromatic heterocycles. The zero-order valence-corrected chi connectivity index (χ0v) is 10.4. The Kier molecular flexibility index (Phi) is 3.09. The van der Waals surface area contributed by atoms with E-state index in [1.165, 1.54) is 25.7 Å². The second kappa shape index (κ2) is 4.89. The van der Waals surface area contributed by atoms with Crippen LogP contribution in [0.1, 0.15) is 42.5 Å². The van der Waals surface area contributed by atoms with Gasteiger partial charge >= 0.3 is 0 Å². The molecular formula is C16H17NO. The summed E-state index contributed by atoms with van der Waals surface area (Å²) in [4.78, 5) is 16.5. The zero-order valence-electron chi connectivity index (χ0n) is 10.4. The van der Waals surface area contributed by atoms with Crippen LogP contribution in [-0.2, 0) is 0 Å². The minimum atomic E-state index is 0.273. The predicted molar refractivity (Wildman–Crippen MR) is 72.6 cm³/mol. The van der Waals surface area contributed by atoms with E-state index in [2.05, 4.69) is 4.98 Å². The fourth-order valence-corrected chi connectivity index (χ4v) is 2.83. The quantitative estimate of drug-likeness (QED) is 0.758. The Hall–Kier alpha value is -1.70. The van der Waals surface area contributed by atoms with Crippen molar-refractivity contribution in [1.29, 1.82) is 0 Å². The monoisotopic (exact) mass is 239 g/mol. The van der Waals surface area contributed by atoms with Crippen molar-refractivity contribution in [1.82, 2.24) is 4.98 Å². The van der Waals surface area contributed by atoms with Gasteiger partial charge in [0.25, 0.3) is 0 Å². The van der Waals surface area contributed by atoms with E-state index < -0.39 is 0 Å². The molecule has 0 radical (unpaired) electrons. The standard InChI is InChI=1S/C16H17NO/c18-16(10-12-4-1-2-5-12)14-8-7-13-6-3-9-17-15(13)11-14/h3,6-9,11-12H,1-2,4-5,10H2. The number of benzene rings is 1. The van der Waals surface area contributed by atoms with Gasteiger partial charge in [-0.2, -0.15) is 0 Å². The van der Waals surface area contributed by atoms with Crippen LogP contribution in [0.25, 0.3) is 10.9 Å². The van der Waals surface area contributed by atoms with Crippen LogP contribution in [0.5, 0.6) is 0 Å². The van der Waals surface area contributed by atoms with E-state index in [9.17, 15) is 4.79 Å². The number of rotatable bonds is 3. The molecule has 0 saturated heterocycles. The molecule has 1 aliphatic rings. The lowest BCUT2D eigenvalue weighted by Gasteiger charge is -2.08. The minimum absolute atomic E-state index is 0.273. The molecule has 0 amide bonds. The molecule has 0 atom stereocenters. The molecule has 1 fully saturated rings. The summed E-state index contributed by atoms with van der Waals surface area (Å²) < 4.78 is 0. The Bertz CT molecular complexity index is 570. The molecular weight excluding hydrogens is 222 g/mol. The predicted octanol–water partition coefficient (Wildman–Crippen LogP) is 4.00. The van der Waals surface area contributed by atoms with Gasteiger partial charge < -0.3 is 0 Å². The Morgan fingerprint density at radius 3 is 2.89 bits per heavy atom. The van der Waals surface area contributed by atoms with Gasteiger partial charge in [-0.05, 0) is 18.1 Å². The number of hydrogen-bond donors (Lipinski definition) is 0. The molecule has 18 heavy (non-hydrogen) atoms. The van der Waals surface area contributed by atoms with Crippen LogP contribution in [0.2, 0.25) is 0 Å². The summed E-state index contributed by atoms with van der Waals surface area (Å²) in [6.07, 6.45) is 7.50. The average molecular weight is 239 g/mol. The molecule has 0 aliphatic heterocycles. The summed E-state index contributed by atoms with van der Waals surface area (Å²) >= 11 is 0. The fourth-order valence-electron chi connectivity index (χ4n) is 2.83. The zero-order chi connectivity index (χ0) is 12.4. The van der Waals surface area contributed by atoms with Crippen molar-refractivity contribution in [2.45, 2.75) is 32.1 Å². The van der Waals surface area contributed by atoms with E-state index in [-0.39, 0.29) is 5.78 Å². The van der Waals surface area contributed by atoms with Crippen LogP contribution in [0.15, 0.2) is 36.5 Å². The third-order valence-corrected chi connectivity index (χ3v) is 3.88. The van der Waals surface area contributed by atoms with E-state index in [4.69, 9.17) is 0 Å². The fraction of sp³-hybridized carbons (Fsp3) is 0.375. The van der Waals surface area contributed by atoms with E-state index in [0.717, 1.165) is 16.5 Å². The van der Waals surface area contributed by atoms with Crippen molar-refractivity contribution >= 4 is 16.7 Å². The maximum atomic E-state index is 12.2. The largest absolute Gasteiger partial charge is 0.294 e. The number of Topliss-reactive ketones (excluding diaryl/α,β-unsaturated/α-hetero) is 1. The van der Waals surface area contributed by atoms with Crippen molar-refractivity contribution in [2.24, 2.45) is 5.92 Å². The van der Waals surface area contributed by atoms with Gasteiger partial charge in [-0.3, -0.25) is 9.78 Å². The topological polar surface area (TPSA) is 30.0 Å². The summed E-state index contributed by atoms with van der Waals surface area (Å²) in [5.74, 6) is 0.881. The Morgan fingerprint density at radius 1 is 1.22 bits per heavy atom. The lowest BCUT2D eigenvalue weighted by molar-refractivity contribution is 0.0962. The molecule has 1 heterocycles. The van der Waals surface area contributed by atoms with Gasteiger partial charge in [0, 0.05) is 23.6 Å². The Balaban J connectivity index is 1.82. The van der Waals surface area contributed by atoms with Gasteiger partial charge in [0.2, 0.25) is 0 Å². The third kappa shape index (κ3) is 2.28. The van der Waals surface area contributed by atoms with Crippen molar-refractivity contribution in [2.75, 3.05) is 0 Å². The molecule has 0 unspecified atom stereocenters. The number of carbonyl (C=O) groups is 1. The molecule has 2 heteroatoms. The molecule has 92 valence electrons. The van der Waals surface area contributed by atoms with Crippen LogP contribution >= 0.6 is 0 Å². The molecule has 3 rings (SSSR count). The molecule has 0 bridgehead atoms. The number of hydrogen-bond acceptors (Lipinski definition) is 2. The molecule has 2 nitrogen and oxygen atoms in total. The minimum Gasteiger partial charge on any atom is -0.294 e. The smallest absolute Gasteiger partial charge is 0.163 e. The molecule has 1 aromatic carbocycles. The Morgan fingerprint density at radius 2 is 2.06 bits per heavy atom.